The van der Waals surface area contributed by atoms with Crippen LogP contribution in [0.3, 0.4) is 0 Å². The first kappa shape index (κ1) is 27.6. The van der Waals surface area contributed by atoms with Crippen LogP contribution in [0.15, 0.2) is 24.5 Å². The molecule has 0 spiro atoms. The highest BCUT2D eigenvalue weighted by Gasteiger charge is 2.48. The Morgan fingerprint density at radius 3 is 2.33 bits per heavy atom. The third kappa shape index (κ3) is 5.88. The summed E-state index contributed by atoms with van der Waals surface area (Å²) in [4.78, 5) is 20.7. The number of hydrogen-bond donors (Lipinski definition) is 3. The summed E-state index contributed by atoms with van der Waals surface area (Å²) in [5, 5.41) is 11.9. The van der Waals surface area contributed by atoms with Gasteiger partial charge < -0.3 is 15.4 Å². The number of sulfonamides is 1. The third-order valence-corrected chi connectivity index (χ3v) is 7.34. The number of hydrogen-bond acceptors (Lipinski definition) is 7. The topological polar surface area (TPSA) is 137 Å². The van der Waals surface area contributed by atoms with Gasteiger partial charge in [0.05, 0.1) is 23.7 Å². The quantitative estimate of drug-likeness (QED) is 0.330. The number of halogens is 2. The zero-order valence-corrected chi connectivity index (χ0v) is 22.0. The maximum atomic E-state index is 14.9. The van der Waals surface area contributed by atoms with E-state index in [0.717, 1.165) is 16.4 Å². The van der Waals surface area contributed by atoms with Crippen LogP contribution in [0.2, 0.25) is 0 Å². The smallest absolute Gasteiger partial charge is 0.275 e. The average molecular weight is 511 g/mol. The van der Waals surface area contributed by atoms with Crippen LogP contribution in [0, 0.1) is 17.0 Å². The Morgan fingerprint density at radius 2 is 1.83 bits per heavy atom. The zero-order valence-electron chi connectivity index (χ0n) is 21.2. The van der Waals surface area contributed by atoms with Crippen molar-refractivity contribution in [3.63, 3.8) is 0 Å². The van der Waals surface area contributed by atoms with Crippen LogP contribution in [0.4, 0.5) is 14.5 Å². The summed E-state index contributed by atoms with van der Waals surface area (Å²) >= 11 is 0. The van der Waals surface area contributed by atoms with Gasteiger partial charge >= 0.3 is 0 Å². The number of carbonyl (C=O) groups excluding carboxylic acids is 1. The van der Waals surface area contributed by atoms with Gasteiger partial charge in [-0.1, -0.05) is 0 Å². The van der Waals surface area contributed by atoms with E-state index in [1.165, 1.54) is 19.3 Å². The summed E-state index contributed by atoms with van der Waals surface area (Å²) in [6.07, 6.45) is 2.44. The van der Waals surface area contributed by atoms with Gasteiger partial charge in [0.25, 0.3) is 5.91 Å². The van der Waals surface area contributed by atoms with Gasteiger partial charge in [-0.25, -0.2) is 27.2 Å². The lowest BCUT2D eigenvalue weighted by Crippen LogP contribution is -2.69. The Kier molecular flexibility index (Phi) is 7.03. The van der Waals surface area contributed by atoms with Crippen molar-refractivity contribution in [2.24, 2.45) is 0 Å². The second kappa shape index (κ2) is 9.16. The molecule has 1 aromatic heterocycles. The molecule has 1 aliphatic rings. The summed E-state index contributed by atoms with van der Waals surface area (Å²) in [7, 11) is 6.25. The van der Waals surface area contributed by atoms with E-state index in [-0.39, 0.29) is 22.8 Å². The van der Waals surface area contributed by atoms with E-state index in [1.807, 2.05) is 23.5 Å². The molecular weight excluding hydrogens is 487 g/mol. The van der Waals surface area contributed by atoms with Crippen LogP contribution >= 0.6 is 0 Å². The molecule has 0 unspecified atom stereocenters. The SMILES string of the molecule is BC(B)(B)Oc1cnc(C(=O)Nc2cc(F)c(F)c([C@]3(C)CS(=O)(=O)N(C(B)(B)B)C(=N)N3)c2)cn1. The minimum atomic E-state index is -4.07. The van der Waals surface area contributed by atoms with Crippen molar-refractivity contribution in [2.75, 3.05) is 11.1 Å². The molecule has 2 aromatic rings. The van der Waals surface area contributed by atoms with Gasteiger partial charge in [0.1, 0.15) is 52.8 Å². The van der Waals surface area contributed by atoms with Crippen molar-refractivity contribution in [1.82, 2.24) is 19.6 Å². The lowest BCUT2D eigenvalue weighted by molar-refractivity contribution is 0.102. The number of amides is 1. The summed E-state index contributed by atoms with van der Waals surface area (Å²) < 4.78 is 62.0. The Balaban J connectivity index is 1.91. The number of carbonyl (C=O) groups is 1. The molecule has 0 radical (unpaired) electrons. The van der Waals surface area contributed by atoms with Crippen LogP contribution < -0.4 is 15.4 Å². The lowest BCUT2D eigenvalue weighted by Gasteiger charge is -2.47. The second-order valence-electron chi connectivity index (χ2n) is 10.7. The molecule has 36 heavy (non-hydrogen) atoms. The molecule has 2 heterocycles. The monoisotopic (exact) mass is 512 g/mol. The number of rotatable bonds is 6. The molecule has 3 rings (SSSR count). The Labute approximate surface area is 213 Å². The Hall–Kier alpha value is -2.96. The van der Waals surface area contributed by atoms with Crippen molar-refractivity contribution in [1.29, 1.82) is 5.41 Å². The highest BCUT2D eigenvalue weighted by molar-refractivity contribution is 7.90. The van der Waals surface area contributed by atoms with Gasteiger partial charge in [0.15, 0.2) is 11.6 Å². The largest absolute Gasteiger partial charge is 0.498 e. The van der Waals surface area contributed by atoms with Gasteiger partial charge in [-0.2, -0.15) is 0 Å². The van der Waals surface area contributed by atoms with E-state index < -0.39 is 55.4 Å². The van der Waals surface area contributed by atoms with Crippen molar-refractivity contribution in [2.45, 2.75) is 23.0 Å². The molecule has 1 atom stereocenters. The fraction of sp³-hybridized carbons (Fsp3) is 0.294. The molecule has 3 N–H and O–H groups in total. The number of benzene rings is 1. The first-order chi connectivity index (χ1) is 16.3. The standard InChI is InChI=1S/C17H24B6F2N6O4S/c1-15(6-36(33,34)31(14(26)30-15)16(18,19)20)8-2-7(3-9(24)12(8)25)29-13(32)10-4-28-11(5-27-10)35-17(21,22)23/h2-5H,6,18-23H2,1H3,(H2,26,30)(H,29,32)/t15-/m0/s1. The Morgan fingerprint density at radius 1 is 1.19 bits per heavy atom. The van der Waals surface area contributed by atoms with E-state index in [9.17, 15) is 22.0 Å². The van der Waals surface area contributed by atoms with Crippen LogP contribution in [-0.2, 0) is 15.6 Å². The number of nitrogens with zero attached hydrogens (tertiary/aromatic N) is 3. The fourth-order valence-corrected chi connectivity index (χ4v) is 6.12. The van der Waals surface area contributed by atoms with Gasteiger partial charge in [0, 0.05) is 22.6 Å². The van der Waals surface area contributed by atoms with E-state index in [1.54, 1.807) is 23.5 Å². The van der Waals surface area contributed by atoms with E-state index in [0.29, 0.717) is 0 Å². The number of aromatic nitrogens is 2. The van der Waals surface area contributed by atoms with Gasteiger partial charge in [-0.15, -0.1) is 0 Å². The van der Waals surface area contributed by atoms with Crippen molar-refractivity contribution in [3.05, 3.63) is 47.4 Å². The molecule has 0 aliphatic carbocycles. The van der Waals surface area contributed by atoms with Gasteiger partial charge in [-0.3, -0.25) is 14.5 Å². The number of guanidine groups is 1. The minimum Gasteiger partial charge on any atom is -0.498 e. The average Bonchev–Trinajstić information content (AvgIpc) is 2.67. The van der Waals surface area contributed by atoms with E-state index >= 15 is 0 Å². The molecule has 1 aliphatic heterocycles. The Bertz CT molecular complexity index is 1320. The van der Waals surface area contributed by atoms with E-state index in [4.69, 9.17) is 10.1 Å². The maximum absolute atomic E-state index is 14.9. The highest BCUT2D eigenvalue weighted by Crippen LogP contribution is 2.34. The molecule has 19 heteroatoms. The van der Waals surface area contributed by atoms with Crippen LogP contribution in [0.1, 0.15) is 23.0 Å². The molecule has 1 saturated heterocycles. The highest BCUT2D eigenvalue weighted by atomic mass is 32.2. The van der Waals surface area contributed by atoms with Crippen LogP contribution in [0.5, 0.6) is 5.88 Å². The first-order valence-corrected chi connectivity index (χ1v) is 12.7. The summed E-state index contributed by atoms with van der Waals surface area (Å²) in [6.45, 7) is 1.35. The summed E-state index contributed by atoms with van der Waals surface area (Å²) in [5.41, 5.74) is -2.28. The molecule has 0 saturated carbocycles. The molecule has 1 aromatic carbocycles. The van der Waals surface area contributed by atoms with E-state index in [2.05, 4.69) is 20.6 Å². The van der Waals surface area contributed by atoms with Crippen molar-refractivity contribution < 1.29 is 26.7 Å². The summed E-state index contributed by atoms with van der Waals surface area (Å²) in [6, 6.07) is 1.90. The van der Waals surface area contributed by atoms with Gasteiger partial charge in [-0.05, 0) is 18.2 Å². The molecular formula is C17H24B6F2N6O4S. The van der Waals surface area contributed by atoms with Crippen molar-refractivity contribution in [3.8, 4) is 5.88 Å². The molecule has 1 fully saturated rings. The maximum Gasteiger partial charge on any atom is 0.275 e. The normalized spacial score (nSPS) is 19.9. The predicted molar refractivity (Wildman–Crippen MR) is 148 cm³/mol. The molecule has 10 nitrogen and oxygen atoms in total. The fourth-order valence-electron chi connectivity index (χ4n) is 3.87. The molecule has 184 valence electrons. The predicted octanol–water partition coefficient (Wildman–Crippen LogP) is -5.21. The number of anilines is 1. The lowest BCUT2D eigenvalue weighted by atomic mass is 9.49. The second-order valence-corrected chi connectivity index (χ2v) is 12.5. The first-order valence-electron chi connectivity index (χ1n) is 11.0. The minimum absolute atomic E-state index is 0.102. The summed E-state index contributed by atoms with van der Waals surface area (Å²) in [5.74, 6) is -4.25. The van der Waals surface area contributed by atoms with Crippen molar-refractivity contribution >= 4 is 74.7 Å². The number of nitrogens with one attached hydrogen (secondary N) is 3. The zero-order chi connectivity index (χ0) is 27.3. The molecule has 1 amide bonds. The van der Waals surface area contributed by atoms with Crippen LogP contribution in [-0.4, -0.2) is 97.9 Å². The van der Waals surface area contributed by atoms with Gasteiger partial charge in [0.2, 0.25) is 21.9 Å². The third-order valence-electron chi connectivity index (χ3n) is 5.11. The molecule has 0 bridgehead atoms. The number of ether oxygens (including phenoxy) is 1. The van der Waals surface area contributed by atoms with Crippen LogP contribution in [0.25, 0.3) is 0 Å².